The minimum atomic E-state index is 0.0302. The molecule has 0 radical (unpaired) electrons. The fraction of sp³-hybridized carbons (Fsp3) is 0.364. The molecule has 0 aromatic heterocycles. The molecule has 0 saturated carbocycles. The summed E-state index contributed by atoms with van der Waals surface area (Å²) < 4.78 is 0. The average Bonchev–Trinajstić information content (AvgIpc) is 2.18. The molecular weight excluding hydrogens is 214 g/mol. The molecule has 0 heterocycles. The van der Waals surface area contributed by atoms with Crippen LogP contribution in [0.3, 0.4) is 0 Å². The number of benzene rings is 1. The van der Waals surface area contributed by atoms with Gasteiger partial charge in [-0.3, -0.25) is 9.69 Å². The smallest absolute Gasteiger partial charge is 0.176 e. The van der Waals surface area contributed by atoms with Crippen LogP contribution in [0.5, 0.6) is 0 Å². The number of ketones is 1. The molecule has 0 aliphatic heterocycles. The minimum absolute atomic E-state index is 0.0302. The molecule has 0 aliphatic carbocycles. The van der Waals surface area contributed by atoms with Crippen molar-refractivity contribution in [2.24, 2.45) is 0 Å². The van der Waals surface area contributed by atoms with Crippen molar-refractivity contribution in [1.82, 2.24) is 4.90 Å². The quantitative estimate of drug-likeness (QED) is 0.774. The number of hydrogen-bond donors (Lipinski definition) is 1. The molecule has 4 heteroatoms. The van der Waals surface area contributed by atoms with E-state index in [1.54, 1.807) is 36.2 Å². The van der Waals surface area contributed by atoms with Gasteiger partial charge in [0.05, 0.1) is 13.2 Å². The highest BCUT2D eigenvalue weighted by Gasteiger charge is 2.08. The van der Waals surface area contributed by atoms with Crippen molar-refractivity contribution < 1.29 is 9.90 Å². The maximum absolute atomic E-state index is 11.7. The fourth-order valence-corrected chi connectivity index (χ4v) is 1.35. The van der Waals surface area contributed by atoms with Gasteiger partial charge in [-0.2, -0.15) is 0 Å². The Bertz CT molecular complexity index is 324. The highest BCUT2D eigenvalue weighted by atomic mass is 35.5. The van der Waals surface area contributed by atoms with Gasteiger partial charge in [0.25, 0.3) is 0 Å². The summed E-state index contributed by atoms with van der Waals surface area (Å²) in [5.74, 6) is 0.0302. The first-order chi connectivity index (χ1) is 7.13. The van der Waals surface area contributed by atoms with E-state index in [9.17, 15) is 4.79 Å². The third-order valence-electron chi connectivity index (χ3n) is 2.06. The van der Waals surface area contributed by atoms with Gasteiger partial charge in [0.15, 0.2) is 5.78 Å². The Morgan fingerprint density at radius 2 is 2.00 bits per heavy atom. The van der Waals surface area contributed by atoms with Crippen LogP contribution in [0.2, 0.25) is 5.02 Å². The summed E-state index contributed by atoms with van der Waals surface area (Å²) in [6, 6.07) is 6.80. The average molecular weight is 228 g/mol. The zero-order valence-electron chi connectivity index (χ0n) is 8.61. The Hall–Kier alpha value is -0.900. The zero-order chi connectivity index (χ0) is 11.3. The number of nitrogens with zero attached hydrogens (tertiary/aromatic N) is 1. The molecule has 82 valence electrons. The number of carbonyl (C=O) groups is 1. The summed E-state index contributed by atoms with van der Waals surface area (Å²) in [6.45, 7) is 0.867. The van der Waals surface area contributed by atoms with Crippen LogP contribution >= 0.6 is 11.6 Å². The van der Waals surface area contributed by atoms with Gasteiger partial charge in [0, 0.05) is 17.1 Å². The summed E-state index contributed by atoms with van der Waals surface area (Å²) in [5.41, 5.74) is 0.643. The standard InChI is InChI=1S/C11H14ClNO2/c1-13(6-7-14)8-11(15)9-2-4-10(12)5-3-9/h2-5,14H,6-8H2,1H3. The molecule has 0 fully saturated rings. The van der Waals surface area contributed by atoms with Gasteiger partial charge in [-0.1, -0.05) is 11.6 Å². The van der Waals surface area contributed by atoms with E-state index in [0.717, 1.165) is 0 Å². The van der Waals surface area contributed by atoms with Crippen LogP contribution in [0.1, 0.15) is 10.4 Å². The molecule has 0 spiro atoms. The van der Waals surface area contributed by atoms with Gasteiger partial charge in [0.1, 0.15) is 0 Å². The molecule has 0 amide bonds. The van der Waals surface area contributed by atoms with Crippen LogP contribution in [0.25, 0.3) is 0 Å². The van der Waals surface area contributed by atoms with Crippen LogP contribution in [0.4, 0.5) is 0 Å². The van der Waals surface area contributed by atoms with Crippen molar-refractivity contribution in [3.05, 3.63) is 34.9 Å². The molecule has 1 aromatic carbocycles. The van der Waals surface area contributed by atoms with Crippen LogP contribution in [0, 0.1) is 0 Å². The summed E-state index contributed by atoms with van der Waals surface area (Å²) in [7, 11) is 1.80. The number of carbonyl (C=O) groups excluding carboxylic acids is 1. The van der Waals surface area contributed by atoms with E-state index in [1.807, 2.05) is 0 Å². The molecule has 0 bridgehead atoms. The minimum Gasteiger partial charge on any atom is -0.395 e. The first kappa shape index (κ1) is 12.2. The first-order valence-electron chi connectivity index (χ1n) is 4.71. The maximum atomic E-state index is 11.7. The van der Waals surface area contributed by atoms with Crippen molar-refractivity contribution in [3.63, 3.8) is 0 Å². The summed E-state index contributed by atoms with van der Waals surface area (Å²) in [5, 5.41) is 9.31. The van der Waals surface area contributed by atoms with Gasteiger partial charge in [-0.15, -0.1) is 0 Å². The molecule has 0 atom stereocenters. The molecule has 1 rings (SSSR count). The van der Waals surface area contributed by atoms with Gasteiger partial charge in [0.2, 0.25) is 0 Å². The third kappa shape index (κ3) is 4.00. The van der Waals surface area contributed by atoms with E-state index in [1.165, 1.54) is 0 Å². The third-order valence-corrected chi connectivity index (χ3v) is 2.31. The number of aliphatic hydroxyl groups is 1. The Kier molecular flexibility index (Phi) is 4.75. The molecule has 1 N–H and O–H groups in total. The van der Waals surface area contributed by atoms with Crippen LogP contribution < -0.4 is 0 Å². The second kappa shape index (κ2) is 5.85. The Balaban J connectivity index is 2.57. The molecule has 1 aromatic rings. The maximum Gasteiger partial charge on any atom is 0.176 e. The summed E-state index contributed by atoms with van der Waals surface area (Å²) >= 11 is 5.72. The van der Waals surface area contributed by atoms with Crippen molar-refractivity contribution in [3.8, 4) is 0 Å². The second-order valence-electron chi connectivity index (χ2n) is 3.39. The van der Waals surface area contributed by atoms with E-state index in [4.69, 9.17) is 16.7 Å². The molecule has 0 aliphatic rings. The largest absolute Gasteiger partial charge is 0.395 e. The van der Waals surface area contributed by atoms with Gasteiger partial charge in [-0.25, -0.2) is 0 Å². The molecule has 0 saturated heterocycles. The lowest BCUT2D eigenvalue weighted by Crippen LogP contribution is -2.28. The predicted octanol–water partition coefficient (Wildman–Crippen LogP) is 1.45. The number of rotatable bonds is 5. The van der Waals surface area contributed by atoms with Crippen molar-refractivity contribution in [2.45, 2.75) is 0 Å². The van der Waals surface area contributed by atoms with Crippen LogP contribution in [0.15, 0.2) is 24.3 Å². The predicted molar refractivity (Wildman–Crippen MR) is 60.4 cm³/mol. The number of hydrogen-bond acceptors (Lipinski definition) is 3. The van der Waals surface area contributed by atoms with E-state index >= 15 is 0 Å². The SMILES string of the molecule is CN(CCO)CC(=O)c1ccc(Cl)cc1. The monoisotopic (exact) mass is 227 g/mol. The fourth-order valence-electron chi connectivity index (χ4n) is 1.22. The number of Topliss-reactive ketones (excluding diaryl/α,β-unsaturated/α-hetero) is 1. The van der Waals surface area contributed by atoms with Crippen LogP contribution in [-0.2, 0) is 0 Å². The Morgan fingerprint density at radius 1 is 1.40 bits per heavy atom. The number of aliphatic hydroxyl groups excluding tert-OH is 1. The second-order valence-corrected chi connectivity index (χ2v) is 3.83. The van der Waals surface area contributed by atoms with Crippen molar-refractivity contribution >= 4 is 17.4 Å². The van der Waals surface area contributed by atoms with Crippen LogP contribution in [-0.4, -0.2) is 42.5 Å². The lowest BCUT2D eigenvalue weighted by molar-refractivity contribution is 0.0936. The molecular formula is C11H14ClNO2. The van der Waals surface area contributed by atoms with Crippen molar-refractivity contribution in [1.29, 1.82) is 0 Å². The Labute approximate surface area is 94.3 Å². The molecule has 3 nitrogen and oxygen atoms in total. The van der Waals surface area contributed by atoms with E-state index in [-0.39, 0.29) is 12.4 Å². The first-order valence-corrected chi connectivity index (χ1v) is 5.09. The van der Waals surface area contributed by atoms with Gasteiger partial charge >= 0.3 is 0 Å². The van der Waals surface area contributed by atoms with E-state index in [0.29, 0.717) is 23.7 Å². The van der Waals surface area contributed by atoms with Gasteiger partial charge < -0.3 is 5.11 Å². The molecule has 0 unspecified atom stereocenters. The van der Waals surface area contributed by atoms with E-state index in [2.05, 4.69) is 0 Å². The van der Waals surface area contributed by atoms with Gasteiger partial charge in [-0.05, 0) is 31.3 Å². The zero-order valence-corrected chi connectivity index (χ0v) is 9.37. The highest BCUT2D eigenvalue weighted by molar-refractivity contribution is 6.30. The highest BCUT2D eigenvalue weighted by Crippen LogP contribution is 2.10. The lowest BCUT2D eigenvalue weighted by atomic mass is 10.1. The topological polar surface area (TPSA) is 40.5 Å². The number of likely N-dealkylation sites (N-methyl/N-ethyl adjacent to an activating group) is 1. The molecule has 15 heavy (non-hydrogen) atoms. The summed E-state index contributed by atoms with van der Waals surface area (Å²) in [4.78, 5) is 13.4. The number of halogens is 1. The van der Waals surface area contributed by atoms with Crippen molar-refractivity contribution in [2.75, 3.05) is 26.7 Å². The van der Waals surface area contributed by atoms with E-state index < -0.39 is 0 Å². The normalized spacial score (nSPS) is 10.7. The lowest BCUT2D eigenvalue weighted by Gasteiger charge is -2.13. The Morgan fingerprint density at radius 3 is 2.53 bits per heavy atom. The summed E-state index contributed by atoms with van der Waals surface area (Å²) in [6.07, 6.45) is 0.